The van der Waals surface area contributed by atoms with E-state index in [0.29, 0.717) is 22.7 Å². The topological polar surface area (TPSA) is 113 Å². The van der Waals surface area contributed by atoms with Gasteiger partial charge >= 0.3 is 0 Å². The van der Waals surface area contributed by atoms with E-state index in [0.717, 1.165) is 62.2 Å². The largest absolute Gasteiger partial charge is 0.492 e. The van der Waals surface area contributed by atoms with Gasteiger partial charge in [-0.05, 0) is 80.4 Å². The third-order valence-corrected chi connectivity index (χ3v) is 7.96. The molecule has 11 heteroatoms. The molecule has 0 radical (unpaired) electrons. The van der Waals surface area contributed by atoms with Gasteiger partial charge in [0.1, 0.15) is 11.5 Å². The standard InChI is InChI=1S/C32H43N5O5S/c1-22-9-10-23(17-29(22)42-26-11-12-33-25(20-26)21-37-14-8-13-36(5)15-16-37)31(38)34-27-18-24(32(2,3)4)19-28(30(27)41-6)35-43(7,39)40/h9-12,17-20,35H,8,13-16,21H2,1-7H3,(H,34,38). The third-order valence-electron chi connectivity index (χ3n) is 7.37. The zero-order valence-corrected chi connectivity index (χ0v) is 27.0. The number of ether oxygens (including phenoxy) is 2. The lowest BCUT2D eigenvalue weighted by Gasteiger charge is -2.24. The van der Waals surface area contributed by atoms with E-state index in [-0.39, 0.29) is 22.8 Å². The molecule has 0 unspecified atom stereocenters. The second-order valence-corrected chi connectivity index (χ2v) is 13.9. The summed E-state index contributed by atoms with van der Waals surface area (Å²) in [7, 11) is -0.00879. The van der Waals surface area contributed by atoms with Crippen LogP contribution in [-0.2, 0) is 22.0 Å². The summed E-state index contributed by atoms with van der Waals surface area (Å²) in [5, 5.41) is 2.92. The highest BCUT2D eigenvalue weighted by molar-refractivity contribution is 7.92. The van der Waals surface area contributed by atoms with Crippen molar-refractivity contribution in [1.29, 1.82) is 0 Å². The summed E-state index contributed by atoms with van der Waals surface area (Å²) < 4.78 is 38.5. The molecule has 1 amide bonds. The molecule has 2 heterocycles. The molecule has 0 saturated carbocycles. The number of nitrogens with zero attached hydrogens (tertiary/aromatic N) is 3. The molecule has 4 rings (SSSR count). The van der Waals surface area contributed by atoms with E-state index >= 15 is 0 Å². The van der Waals surface area contributed by atoms with E-state index in [2.05, 4.69) is 31.9 Å². The van der Waals surface area contributed by atoms with Gasteiger partial charge in [0.2, 0.25) is 10.0 Å². The number of carbonyl (C=O) groups excluding carboxylic acids is 1. The van der Waals surface area contributed by atoms with Crippen molar-refractivity contribution in [3.05, 3.63) is 71.0 Å². The summed E-state index contributed by atoms with van der Waals surface area (Å²) >= 11 is 0. The molecule has 43 heavy (non-hydrogen) atoms. The summed E-state index contributed by atoms with van der Waals surface area (Å²) in [6.07, 6.45) is 3.95. The van der Waals surface area contributed by atoms with Crippen LogP contribution in [0.25, 0.3) is 0 Å². The number of benzene rings is 2. The molecule has 3 aromatic rings. The molecule has 2 N–H and O–H groups in total. The quantitative estimate of drug-likeness (QED) is 0.338. The molecule has 10 nitrogen and oxygen atoms in total. The Labute approximate surface area is 255 Å². The maximum atomic E-state index is 13.5. The maximum Gasteiger partial charge on any atom is 0.255 e. The molecule has 0 atom stereocenters. The van der Waals surface area contributed by atoms with E-state index in [9.17, 15) is 13.2 Å². The number of anilines is 2. The van der Waals surface area contributed by atoms with E-state index in [1.807, 2.05) is 45.9 Å². The zero-order valence-electron chi connectivity index (χ0n) is 26.2. The fourth-order valence-electron chi connectivity index (χ4n) is 4.92. The van der Waals surface area contributed by atoms with Crippen LogP contribution in [0.15, 0.2) is 48.7 Å². The normalized spacial score (nSPS) is 15.0. The van der Waals surface area contributed by atoms with Gasteiger partial charge in [0, 0.05) is 37.5 Å². The number of rotatable bonds is 9. The van der Waals surface area contributed by atoms with Crippen molar-refractivity contribution in [2.24, 2.45) is 0 Å². The summed E-state index contributed by atoms with van der Waals surface area (Å²) in [6.45, 7) is 12.8. The van der Waals surface area contributed by atoms with Gasteiger partial charge in [0.15, 0.2) is 5.75 Å². The van der Waals surface area contributed by atoms with Gasteiger partial charge in [-0.3, -0.25) is 19.4 Å². The predicted molar refractivity (Wildman–Crippen MR) is 171 cm³/mol. The average molecular weight is 610 g/mol. The molecule has 2 aromatic carbocycles. The van der Waals surface area contributed by atoms with Crippen molar-refractivity contribution < 1.29 is 22.7 Å². The van der Waals surface area contributed by atoms with Crippen molar-refractivity contribution >= 4 is 27.3 Å². The highest BCUT2D eigenvalue weighted by Gasteiger charge is 2.23. The molecule has 232 valence electrons. The van der Waals surface area contributed by atoms with Gasteiger partial charge in [-0.2, -0.15) is 0 Å². The second-order valence-electron chi connectivity index (χ2n) is 12.2. The lowest BCUT2D eigenvalue weighted by atomic mass is 9.86. The van der Waals surface area contributed by atoms with E-state index < -0.39 is 10.0 Å². The third kappa shape index (κ3) is 8.92. The Bertz CT molecular complexity index is 1570. The molecule has 1 aliphatic heterocycles. The van der Waals surface area contributed by atoms with Crippen LogP contribution in [0.5, 0.6) is 17.2 Å². The Kier molecular flexibility index (Phi) is 9.99. The number of hydrogen-bond acceptors (Lipinski definition) is 8. The lowest BCUT2D eigenvalue weighted by Crippen LogP contribution is -2.28. The van der Waals surface area contributed by atoms with Crippen LogP contribution in [0.3, 0.4) is 0 Å². The Morgan fingerprint density at radius 1 is 1.02 bits per heavy atom. The molecular weight excluding hydrogens is 566 g/mol. The minimum Gasteiger partial charge on any atom is -0.492 e. The molecule has 1 aromatic heterocycles. The number of hydrogen-bond donors (Lipinski definition) is 2. The lowest BCUT2D eigenvalue weighted by molar-refractivity contribution is 0.102. The fourth-order valence-corrected chi connectivity index (χ4v) is 5.47. The Morgan fingerprint density at radius 3 is 2.47 bits per heavy atom. The summed E-state index contributed by atoms with van der Waals surface area (Å²) in [5.74, 6) is 1.03. The number of amides is 1. The number of methoxy groups -OCH3 is 1. The minimum atomic E-state index is -3.59. The SMILES string of the molecule is COc1c(NC(=O)c2ccc(C)c(Oc3ccnc(CN4CCCN(C)CC4)c3)c2)cc(C(C)(C)C)cc1NS(C)(=O)=O. The zero-order chi connectivity index (χ0) is 31.4. The fraction of sp³-hybridized carbons (Fsp3) is 0.438. The van der Waals surface area contributed by atoms with Gasteiger partial charge in [-0.25, -0.2) is 8.42 Å². The number of nitrogens with one attached hydrogen (secondary N) is 2. The van der Waals surface area contributed by atoms with Crippen molar-refractivity contribution in [2.45, 2.75) is 46.1 Å². The molecule has 0 bridgehead atoms. The van der Waals surface area contributed by atoms with E-state index in [4.69, 9.17) is 9.47 Å². The first-order chi connectivity index (χ1) is 20.2. The summed E-state index contributed by atoms with van der Waals surface area (Å²) in [5.41, 5.74) is 3.29. The first-order valence-electron chi connectivity index (χ1n) is 14.4. The smallest absolute Gasteiger partial charge is 0.255 e. The van der Waals surface area contributed by atoms with Crippen LogP contribution in [0, 0.1) is 6.92 Å². The number of pyridine rings is 1. The number of carbonyl (C=O) groups is 1. The van der Waals surface area contributed by atoms with Crippen LogP contribution >= 0.6 is 0 Å². The number of aryl methyl sites for hydroxylation is 1. The molecular formula is C32H43N5O5S. The van der Waals surface area contributed by atoms with Crippen LogP contribution in [0.2, 0.25) is 0 Å². The van der Waals surface area contributed by atoms with Crippen molar-refractivity contribution in [3.63, 3.8) is 0 Å². The van der Waals surface area contributed by atoms with Crippen LogP contribution in [-0.4, -0.2) is 75.7 Å². The second kappa shape index (κ2) is 13.3. The molecule has 0 spiro atoms. The average Bonchev–Trinajstić information content (AvgIpc) is 3.12. The molecule has 1 saturated heterocycles. The van der Waals surface area contributed by atoms with Gasteiger partial charge < -0.3 is 19.7 Å². The highest BCUT2D eigenvalue weighted by Crippen LogP contribution is 2.39. The molecule has 0 aliphatic carbocycles. The van der Waals surface area contributed by atoms with Crippen LogP contribution < -0.4 is 19.5 Å². The number of likely N-dealkylation sites (N-methyl/N-ethyl adjacent to an activating group) is 1. The van der Waals surface area contributed by atoms with Crippen LogP contribution in [0.1, 0.15) is 54.4 Å². The summed E-state index contributed by atoms with van der Waals surface area (Å²) in [4.78, 5) is 22.8. The molecule has 1 aliphatic rings. The predicted octanol–water partition coefficient (Wildman–Crippen LogP) is 5.25. The van der Waals surface area contributed by atoms with Gasteiger partial charge in [-0.1, -0.05) is 26.8 Å². The maximum absolute atomic E-state index is 13.5. The van der Waals surface area contributed by atoms with E-state index in [1.165, 1.54) is 7.11 Å². The number of aromatic nitrogens is 1. The minimum absolute atomic E-state index is 0.218. The first-order valence-corrected chi connectivity index (χ1v) is 16.3. The first kappa shape index (κ1) is 32.2. The summed E-state index contributed by atoms with van der Waals surface area (Å²) in [6, 6.07) is 12.5. The Morgan fingerprint density at radius 2 is 1.77 bits per heavy atom. The monoisotopic (exact) mass is 609 g/mol. The van der Waals surface area contributed by atoms with Crippen LogP contribution in [0.4, 0.5) is 11.4 Å². The van der Waals surface area contributed by atoms with Gasteiger partial charge in [0.05, 0.1) is 30.4 Å². The van der Waals surface area contributed by atoms with Crippen molar-refractivity contribution in [3.8, 4) is 17.2 Å². The van der Waals surface area contributed by atoms with Gasteiger partial charge in [-0.15, -0.1) is 0 Å². The number of sulfonamides is 1. The molecule has 1 fully saturated rings. The van der Waals surface area contributed by atoms with Crippen molar-refractivity contribution in [2.75, 3.05) is 56.6 Å². The Balaban J connectivity index is 1.56. The van der Waals surface area contributed by atoms with E-state index in [1.54, 1.807) is 30.5 Å². The Hall–Kier alpha value is -3.67. The van der Waals surface area contributed by atoms with Crippen molar-refractivity contribution in [1.82, 2.24) is 14.8 Å². The highest BCUT2D eigenvalue weighted by atomic mass is 32.2. The van der Waals surface area contributed by atoms with Gasteiger partial charge in [0.25, 0.3) is 5.91 Å².